The zero-order valence-electron chi connectivity index (χ0n) is 14.4. The molecule has 0 aliphatic rings. The summed E-state index contributed by atoms with van der Waals surface area (Å²) in [4.78, 5) is 23.3. The fourth-order valence-corrected chi connectivity index (χ4v) is 2.11. The van der Waals surface area contributed by atoms with Crippen molar-refractivity contribution in [2.24, 2.45) is 0 Å². The Morgan fingerprint density at radius 2 is 1.77 bits per heavy atom. The van der Waals surface area contributed by atoms with Gasteiger partial charge in [0.15, 0.2) is 6.61 Å². The molecule has 0 aromatic heterocycles. The van der Waals surface area contributed by atoms with Crippen LogP contribution in [0.4, 0.5) is 4.39 Å². The van der Waals surface area contributed by atoms with E-state index in [9.17, 15) is 14.0 Å². The number of hydrogen-bond donors (Lipinski definition) is 1. The Kier molecular flexibility index (Phi) is 7.36. The van der Waals surface area contributed by atoms with Crippen LogP contribution in [0.2, 0.25) is 0 Å². The first kappa shape index (κ1) is 19.2. The summed E-state index contributed by atoms with van der Waals surface area (Å²) in [5, 5.41) is 2.64. The molecular formula is C20H20FNO4. The van der Waals surface area contributed by atoms with Gasteiger partial charge in [-0.15, -0.1) is 0 Å². The Balaban J connectivity index is 1.66. The van der Waals surface area contributed by atoms with Crippen LogP contribution in [0, 0.1) is 5.82 Å². The number of carbonyl (C=O) groups is 2. The van der Waals surface area contributed by atoms with Crippen molar-refractivity contribution in [3.05, 3.63) is 71.6 Å². The van der Waals surface area contributed by atoms with E-state index in [2.05, 4.69) is 5.32 Å². The summed E-state index contributed by atoms with van der Waals surface area (Å²) in [5.74, 6) is -0.567. The average molecular weight is 357 g/mol. The highest BCUT2D eigenvalue weighted by molar-refractivity contribution is 5.89. The molecule has 0 saturated heterocycles. The SMILES string of the molecule is COc1ccc(/C=C/C(=O)OCC(=O)NCCc2ccc(F)cc2)cc1. The standard InChI is InChI=1S/C20H20FNO4/c1-25-18-9-4-15(5-10-18)6-11-20(24)26-14-19(23)22-13-12-16-2-7-17(21)8-3-16/h2-11H,12-14H2,1H3,(H,22,23)/b11-6+. The zero-order valence-corrected chi connectivity index (χ0v) is 14.4. The largest absolute Gasteiger partial charge is 0.497 e. The second kappa shape index (κ2) is 9.98. The van der Waals surface area contributed by atoms with Crippen LogP contribution in [0.1, 0.15) is 11.1 Å². The van der Waals surface area contributed by atoms with Gasteiger partial charge in [-0.3, -0.25) is 4.79 Å². The number of amides is 1. The Labute approximate surface area is 151 Å². The van der Waals surface area contributed by atoms with E-state index in [4.69, 9.17) is 9.47 Å². The van der Waals surface area contributed by atoms with Gasteiger partial charge in [0.05, 0.1) is 7.11 Å². The maximum Gasteiger partial charge on any atom is 0.331 e. The quantitative estimate of drug-likeness (QED) is 0.583. The van der Waals surface area contributed by atoms with E-state index < -0.39 is 11.9 Å². The molecule has 0 heterocycles. The minimum absolute atomic E-state index is 0.299. The van der Waals surface area contributed by atoms with Crippen LogP contribution in [0.5, 0.6) is 5.75 Å². The topological polar surface area (TPSA) is 64.6 Å². The lowest BCUT2D eigenvalue weighted by Gasteiger charge is -2.05. The van der Waals surface area contributed by atoms with E-state index in [0.717, 1.165) is 16.9 Å². The first-order chi connectivity index (χ1) is 12.6. The van der Waals surface area contributed by atoms with Crippen LogP contribution < -0.4 is 10.1 Å². The van der Waals surface area contributed by atoms with Crippen molar-refractivity contribution in [3.63, 3.8) is 0 Å². The van der Waals surface area contributed by atoms with Crippen molar-refractivity contribution in [3.8, 4) is 5.75 Å². The van der Waals surface area contributed by atoms with Crippen molar-refractivity contribution in [1.29, 1.82) is 0 Å². The van der Waals surface area contributed by atoms with Crippen molar-refractivity contribution >= 4 is 18.0 Å². The summed E-state index contributed by atoms with van der Waals surface area (Å²) in [5.41, 5.74) is 1.72. The third-order valence-electron chi connectivity index (χ3n) is 3.52. The van der Waals surface area contributed by atoms with Gasteiger partial charge < -0.3 is 14.8 Å². The number of ether oxygens (including phenoxy) is 2. The molecule has 0 unspecified atom stereocenters. The highest BCUT2D eigenvalue weighted by atomic mass is 19.1. The monoisotopic (exact) mass is 357 g/mol. The van der Waals surface area contributed by atoms with Crippen molar-refractivity contribution in [2.75, 3.05) is 20.3 Å². The van der Waals surface area contributed by atoms with Crippen molar-refractivity contribution in [2.45, 2.75) is 6.42 Å². The number of methoxy groups -OCH3 is 1. The molecule has 5 nitrogen and oxygen atoms in total. The molecule has 1 N–H and O–H groups in total. The molecule has 6 heteroatoms. The molecule has 136 valence electrons. The van der Waals surface area contributed by atoms with Crippen molar-refractivity contribution in [1.82, 2.24) is 5.32 Å². The molecular weight excluding hydrogens is 337 g/mol. The van der Waals surface area contributed by atoms with Gasteiger partial charge in [0.25, 0.3) is 5.91 Å². The van der Waals surface area contributed by atoms with E-state index >= 15 is 0 Å². The molecule has 2 rings (SSSR count). The van der Waals surface area contributed by atoms with Crippen LogP contribution in [-0.4, -0.2) is 32.1 Å². The number of halogens is 1. The normalized spacial score (nSPS) is 10.5. The number of hydrogen-bond acceptors (Lipinski definition) is 4. The van der Waals surface area contributed by atoms with Crippen LogP contribution >= 0.6 is 0 Å². The Morgan fingerprint density at radius 3 is 2.42 bits per heavy atom. The average Bonchev–Trinajstić information content (AvgIpc) is 2.66. The van der Waals surface area contributed by atoms with Crippen LogP contribution in [0.3, 0.4) is 0 Å². The molecule has 26 heavy (non-hydrogen) atoms. The van der Waals surface area contributed by atoms with Crippen LogP contribution in [0.15, 0.2) is 54.6 Å². The van der Waals surface area contributed by atoms with E-state index in [1.54, 1.807) is 49.6 Å². The second-order valence-electron chi connectivity index (χ2n) is 5.44. The predicted octanol–water partition coefficient (Wildman–Crippen LogP) is 2.75. The van der Waals surface area contributed by atoms with Crippen LogP contribution in [-0.2, 0) is 20.7 Å². The van der Waals surface area contributed by atoms with Crippen LogP contribution in [0.25, 0.3) is 6.08 Å². The smallest absolute Gasteiger partial charge is 0.331 e. The molecule has 1 amide bonds. The highest BCUT2D eigenvalue weighted by Gasteiger charge is 2.05. The van der Waals surface area contributed by atoms with Gasteiger partial charge in [-0.2, -0.15) is 0 Å². The Bertz CT molecular complexity index is 754. The summed E-state index contributed by atoms with van der Waals surface area (Å²) in [6, 6.07) is 13.2. The molecule has 0 fully saturated rings. The molecule has 0 spiro atoms. The van der Waals surface area contributed by atoms with E-state index in [0.29, 0.717) is 13.0 Å². The van der Waals surface area contributed by atoms with Crippen molar-refractivity contribution < 1.29 is 23.5 Å². The summed E-state index contributed by atoms with van der Waals surface area (Å²) in [7, 11) is 1.58. The maximum absolute atomic E-state index is 12.8. The van der Waals surface area contributed by atoms with Gasteiger partial charge in [-0.25, -0.2) is 9.18 Å². The van der Waals surface area contributed by atoms with Gasteiger partial charge >= 0.3 is 5.97 Å². The summed E-state index contributed by atoms with van der Waals surface area (Å²) in [6.07, 6.45) is 3.42. The minimum Gasteiger partial charge on any atom is -0.497 e. The number of nitrogens with one attached hydrogen (secondary N) is 1. The number of rotatable bonds is 8. The van der Waals surface area contributed by atoms with Gasteiger partial charge in [-0.1, -0.05) is 24.3 Å². The lowest BCUT2D eigenvalue weighted by atomic mass is 10.1. The molecule has 0 radical (unpaired) electrons. The third-order valence-corrected chi connectivity index (χ3v) is 3.52. The number of esters is 1. The molecule has 0 atom stereocenters. The highest BCUT2D eigenvalue weighted by Crippen LogP contribution is 2.12. The minimum atomic E-state index is -0.602. The van der Waals surface area contributed by atoms with E-state index in [1.807, 2.05) is 0 Å². The number of benzene rings is 2. The lowest BCUT2D eigenvalue weighted by Crippen LogP contribution is -2.30. The molecule has 0 saturated carbocycles. The Morgan fingerprint density at radius 1 is 1.08 bits per heavy atom. The number of carbonyl (C=O) groups excluding carboxylic acids is 2. The van der Waals surface area contributed by atoms with Gasteiger partial charge in [0.2, 0.25) is 0 Å². The molecule has 0 aliphatic carbocycles. The first-order valence-corrected chi connectivity index (χ1v) is 8.07. The lowest BCUT2D eigenvalue weighted by molar-refractivity contribution is -0.143. The van der Waals surface area contributed by atoms with E-state index in [1.165, 1.54) is 18.2 Å². The Hall–Kier alpha value is -3.15. The molecule has 0 bridgehead atoms. The fraction of sp³-hybridized carbons (Fsp3) is 0.200. The zero-order chi connectivity index (χ0) is 18.8. The van der Waals surface area contributed by atoms with Gasteiger partial charge in [-0.05, 0) is 47.9 Å². The predicted molar refractivity (Wildman–Crippen MR) is 96.1 cm³/mol. The molecule has 2 aromatic rings. The maximum atomic E-state index is 12.8. The first-order valence-electron chi connectivity index (χ1n) is 8.07. The summed E-state index contributed by atoms with van der Waals surface area (Å²) >= 11 is 0. The van der Waals surface area contributed by atoms with E-state index in [-0.39, 0.29) is 12.4 Å². The second-order valence-corrected chi connectivity index (χ2v) is 5.44. The molecule has 2 aromatic carbocycles. The fourth-order valence-electron chi connectivity index (χ4n) is 2.11. The third kappa shape index (κ3) is 6.76. The van der Waals surface area contributed by atoms with Gasteiger partial charge in [0.1, 0.15) is 11.6 Å². The summed E-state index contributed by atoms with van der Waals surface area (Å²) in [6.45, 7) is 0.0267. The summed E-state index contributed by atoms with van der Waals surface area (Å²) < 4.78 is 22.7. The molecule has 0 aliphatic heterocycles. The van der Waals surface area contributed by atoms with Gasteiger partial charge in [0, 0.05) is 12.6 Å².